The number of hydrogen-bond acceptors (Lipinski definition) is 4. The molecule has 3 N–H and O–H groups in total. The third-order valence-electron chi connectivity index (χ3n) is 4.77. The molecule has 3 rings (SSSR count). The number of aryl methyl sites for hydroxylation is 1. The summed E-state index contributed by atoms with van der Waals surface area (Å²) in [5, 5.41) is 2.54. The topological polar surface area (TPSA) is 92.5 Å². The number of hydrogen-bond donors (Lipinski definition) is 2. The molecule has 0 spiro atoms. The normalized spacial score (nSPS) is 10.6. The first kappa shape index (κ1) is 24.6. The van der Waals surface area contributed by atoms with E-state index in [-0.39, 0.29) is 24.3 Å². The van der Waals surface area contributed by atoms with Crippen molar-refractivity contribution < 1.29 is 31.9 Å². The van der Waals surface area contributed by atoms with Gasteiger partial charge in [0.2, 0.25) is 0 Å². The summed E-state index contributed by atoms with van der Waals surface area (Å²) in [5.74, 6) is -7.18. The highest BCUT2D eigenvalue weighted by atomic mass is 19.1. The van der Waals surface area contributed by atoms with Gasteiger partial charge in [0.05, 0.1) is 5.69 Å². The summed E-state index contributed by atoms with van der Waals surface area (Å²) in [6, 6.07) is 8.02. The molecular formula is C24H19F4N3O3. The molecule has 0 aromatic heterocycles. The Morgan fingerprint density at radius 2 is 1.24 bits per heavy atom. The number of benzene rings is 3. The van der Waals surface area contributed by atoms with Gasteiger partial charge in [-0.25, -0.2) is 22.5 Å². The lowest BCUT2D eigenvalue weighted by Crippen LogP contribution is -2.38. The van der Waals surface area contributed by atoms with E-state index in [2.05, 4.69) is 5.32 Å². The molecule has 3 aromatic rings. The van der Waals surface area contributed by atoms with Crippen LogP contribution in [0.4, 0.5) is 23.2 Å². The highest BCUT2D eigenvalue weighted by molar-refractivity contribution is 6.26. The van der Waals surface area contributed by atoms with Gasteiger partial charge in [-0.05, 0) is 48.9 Å². The fraction of sp³-hybridized carbons (Fsp3) is 0.125. The molecule has 0 saturated heterocycles. The second-order valence-corrected chi connectivity index (χ2v) is 7.31. The van der Waals surface area contributed by atoms with E-state index in [0.717, 1.165) is 0 Å². The fourth-order valence-electron chi connectivity index (χ4n) is 3.20. The molecule has 10 heteroatoms. The number of carbonyl (C=O) groups is 3. The number of nitrogens with one attached hydrogen (secondary N) is 1. The van der Waals surface area contributed by atoms with Crippen molar-refractivity contribution in [3.05, 3.63) is 100 Å². The summed E-state index contributed by atoms with van der Waals surface area (Å²) >= 11 is 0. The van der Waals surface area contributed by atoms with E-state index in [1.165, 1.54) is 25.1 Å². The van der Waals surface area contributed by atoms with E-state index < -0.39 is 52.1 Å². The third-order valence-corrected chi connectivity index (χ3v) is 4.77. The maximum atomic E-state index is 13.8. The summed E-state index contributed by atoms with van der Waals surface area (Å²) in [6.45, 7) is 1.85. The van der Waals surface area contributed by atoms with Gasteiger partial charge < -0.3 is 11.1 Å². The number of nitrogens with zero attached hydrogens (tertiary/aromatic N) is 1. The van der Waals surface area contributed by atoms with Gasteiger partial charge in [-0.2, -0.15) is 0 Å². The number of amides is 3. The van der Waals surface area contributed by atoms with Gasteiger partial charge in [0, 0.05) is 41.9 Å². The lowest BCUT2D eigenvalue weighted by molar-refractivity contribution is 0.0892. The first-order valence-corrected chi connectivity index (χ1v) is 10.0. The second-order valence-electron chi connectivity index (χ2n) is 7.31. The van der Waals surface area contributed by atoms with Crippen LogP contribution in [0.2, 0.25) is 0 Å². The Morgan fingerprint density at radius 1 is 0.765 bits per heavy atom. The average Bonchev–Trinajstić information content (AvgIpc) is 2.77. The Balaban J connectivity index is 2.18. The number of rotatable bonds is 6. The average molecular weight is 473 g/mol. The van der Waals surface area contributed by atoms with Crippen molar-refractivity contribution in [3.63, 3.8) is 0 Å². The zero-order chi connectivity index (χ0) is 25.0. The van der Waals surface area contributed by atoms with E-state index in [0.29, 0.717) is 46.9 Å². The van der Waals surface area contributed by atoms with Crippen molar-refractivity contribution in [3.8, 4) is 0 Å². The summed E-state index contributed by atoms with van der Waals surface area (Å²) < 4.78 is 55.2. The van der Waals surface area contributed by atoms with Gasteiger partial charge in [-0.1, -0.05) is 6.07 Å². The Morgan fingerprint density at radius 3 is 1.68 bits per heavy atom. The minimum Gasteiger partial charge on any atom is -0.351 e. The molecule has 3 amide bonds. The van der Waals surface area contributed by atoms with Crippen LogP contribution in [0.3, 0.4) is 0 Å². The van der Waals surface area contributed by atoms with Gasteiger partial charge in [0.25, 0.3) is 17.7 Å². The highest BCUT2D eigenvalue weighted by Crippen LogP contribution is 2.27. The Hall–Kier alpha value is -4.05. The van der Waals surface area contributed by atoms with Crippen LogP contribution in [0, 0.1) is 30.2 Å². The van der Waals surface area contributed by atoms with Crippen molar-refractivity contribution >= 4 is 23.4 Å². The van der Waals surface area contributed by atoms with E-state index >= 15 is 0 Å². The van der Waals surface area contributed by atoms with E-state index in [9.17, 15) is 31.9 Å². The molecule has 3 aromatic carbocycles. The second kappa shape index (κ2) is 10.3. The van der Waals surface area contributed by atoms with Gasteiger partial charge in [-0.15, -0.1) is 0 Å². The number of halogens is 4. The Bertz CT molecular complexity index is 1180. The maximum Gasteiger partial charge on any atom is 0.265 e. The predicted octanol–water partition coefficient (Wildman–Crippen LogP) is 3.73. The van der Waals surface area contributed by atoms with Gasteiger partial charge >= 0.3 is 0 Å². The number of anilines is 1. The van der Waals surface area contributed by atoms with Gasteiger partial charge in [-0.3, -0.25) is 14.4 Å². The van der Waals surface area contributed by atoms with Gasteiger partial charge in [0.1, 0.15) is 23.3 Å². The molecule has 0 bridgehead atoms. The molecule has 0 fully saturated rings. The Labute approximate surface area is 192 Å². The van der Waals surface area contributed by atoms with Crippen LogP contribution in [0.25, 0.3) is 0 Å². The summed E-state index contributed by atoms with van der Waals surface area (Å²) in [6.07, 6.45) is 0. The first-order valence-electron chi connectivity index (χ1n) is 10.0. The van der Waals surface area contributed by atoms with E-state index in [1.807, 2.05) is 0 Å². The monoisotopic (exact) mass is 473 g/mol. The highest BCUT2D eigenvalue weighted by Gasteiger charge is 2.29. The van der Waals surface area contributed by atoms with Crippen molar-refractivity contribution in [2.75, 3.05) is 18.0 Å². The molecule has 0 unspecified atom stereocenters. The van der Waals surface area contributed by atoms with E-state index in [4.69, 9.17) is 5.73 Å². The molecule has 0 aliphatic heterocycles. The molecule has 176 valence electrons. The van der Waals surface area contributed by atoms with Crippen LogP contribution in [0.5, 0.6) is 0 Å². The quantitative estimate of drug-likeness (QED) is 0.422. The lowest BCUT2D eigenvalue weighted by atomic mass is 10.0. The van der Waals surface area contributed by atoms with Crippen molar-refractivity contribution in [1.29, 1.82) is 0 Å². The summed E-state index contributed by atoms with van der Waals surface area (Å²) in [5.41, 5.74) is 4.58. The smallest absolute Gasteiger partial charge is 0.265 e. The van der Waals surface area contributed by atoms with Crippen LogP contribution < -0.4 is 16.0 Å². The largest absolute Gasteiger partial charge is 0.351 e. The first-order chi connectivity index (χ1) is 16.1. The Kier molecular flexibility index (Phi) is 7.42. The van der Waals surface area contributed by atoms with Crippen molar-refractivity contribution in [1.82, 2.24) is 5.32 Å². The van der Waals surface area contributed by atoms with Crippen LogP contribution in [0.1, 0.15) is 36.6 Å². The maximum absolute atomic E-state index is 13.8. The third kappa shape index (κ3) is 5.46. The zero-order valence-corrected chi connectivity index (χ0v) is 17.9. The minimum absolute atomic E-state index is 0.0514. The van der Waals surface area contributed by atoms with Crippen LogP contribution in [-0.4, -0.2) is 30.8 Å². The van der Waals surface area contributed by atoms with E-state index in [1.54, 1.807) is 0 Å². The van der Waals surface area contributed by atoms with Gasteiger partial charge in [0.15, 0.2) is 0 Å². The zero-order valence-electron chi connectivity index (χ0n) is 17.9. The molecule has 0 radical (unpaired) electrons. The molecule has 6 nitrogen and oxygen atoms in total. The minimum atomic E-state index is -1.17. The van der Waals surface area contributed by atoms with Crippen LogP contribution in [-0.2, 0) is 0 Å². The SMILES string of the molecule is Cc1ccc(C(=O)NCCN)cc1N(C(=O)c1cc(F)cc(F)c1)C(=O)c1cc(F)cc(F)c1. The van der Waals surface area contributed by atoms with Crippen LogP contribution >= 0.6 is 0 Å². The lowest BCUT2D eigenvalue weighted by Gasteiger charge is -2.24. The van der Waals surface area contributed by atoms with Crippen molar-refractivity contribution in [2.24, 2.45) is 5.73 Å². The number of imide groups is 1. The fourth-order valence-corrected chi connectivity index (χ4v) is 3.20. The standard InChI is InChI=1S/C24H19F4N3O3/c1-13-2-3-14(22(32)30-5-4-29)10-21(13)31(23(33)15-6-17(25)11-18(26)7-15)24(34)16-8-19(27)12-20(28)9-16/h2-3,6-12H,4-5,29H2,1H3,(H,30,32). The predicted molar refractivity (Wildman–Crippen MR) is 116 cm³/mol. The molecular weight excluding hydrogens is 454 g/mol. The molecule has 0 atom stereocenters. The summed E-state index contributed by atoms with van der Waals surface area (Å²) in [7, 11) is 0. The van der Waals surface area contributed by atoms with Crippen LogP contribution in [0.15, 0.2) is 54.6 Å². The summed E-state index contributed by atoms with van der Waals surface area (Å²) in [4.78, 5) is 39.5. The number of nitrogens with two attached hydrogens (primary N) is 1. The molecule has 0 aliphatic carbocycles. The molecule has 0 heterocycles. The molecule has 34 heavy (non-hydrogen) atoms. The number of carbonyl (C=O) groups excluding carboxylic acids is 3. The molecule has 0 saturated carbocycles. The molecule has 0 aliphatic rings. The van der Waals surface area contributed by atoms with Crippen molar-refractivity contribution in [2.45, 2.75) is 6.92 Å².